The Hall–Kier alpha value is -2.51. The normalized spacial score (nSPS) is 12.2. The number of hydrogen-bond donors (Lipinski definition) is 0. The van der Waals surface area contributed by atoms with Crippen LogP contribution in [0.1, 0.15) is 26.3 Å². The zero-order chi connectivity index (χ0) is 20.0. The summed E-state index contributed by atoms with van der Waals surface area (Å²) in [5, 5.41) is 1.27. The molecule has 0 spiro atoms. The molecule has 3 aromatic rings. The van der Waals surface area contributed by atoms with Crippen LogP contribution in [0.25, 0.3) is 22.2 Å². The van der Waals surface area contributed by atoms with Gasteiger partial charge >= 0.3 is 0 Å². The number of anilines is 1. The molecule has 0 fully saturated rings. The van der Waals surface area contributed by atoms with Gasteiger partial charge in [-0.25, -0.2) is 4.98 Å². The number of rotatable bonds is 3. The Morgan fingerprint density at radius 1 is 1.07 bits per heavy atom. The maximum Gasteiger partial charge on any atom is 0.163 e. The predicted molar refractivity (Wildman–Crippen MR) is 120 cm³/mol. The van der Waals surface area contributed by atoms with E-state index in [4.69, 9.17) is 11.4 Å². The Balaban J connectivity index is 2.15. The molecule has 4 heteroatoms. The van der Waals surface area contributed by atoms with Crippen molar-refractivity contribution in [3.63, 3.8) is 0 Å². The van der Waals surface area contributed by atoms with Crippen LogP contribution in [0.3, 0.4) is 0 Å². The fraction of sp³-hybridized carbons (Fsp3) is 0.348. The van der Waals surface area contributed by atoms with Gasteiger partial charge < -0.3 is 9.13 Å². The van der Waals surface area contributed by atoms with E-state index in [1.807, 2.05) is 20.3 Å². The van der Waals surface area contributed by atoms with Crippen LogP contribution in [-0.2, 0) is 0 Å². The van der Waals surface area contributed by atoms with Crippen LogP contribution >= 0.6 is 0 Å². The summed E-state index contributed by atoms with van der Waals surface area (Å²) in [7, 11) is 2.29. The van der Waals surface area contributed by atoms with Gasteiger partial charge in [0.25, 0.3) is 0 Å². The van der Waals surface area contributed by atoms with Crippen LogP contribution in [0.4, 0.5) is 5.69 Å². The third-order valence-electron chi connectivity index (χ3n) is 5.95. The van der Waals surface area contributed by atoms with Gasteiger partial charge in [0.1, 0.15) is 5.65 Å². The molecular formula is C23H29N3Si. The molecule has 0 aliphatic heterocycles. The highest BCUT2D eigenvalue weighted by molar-refractivity contribution is 6.79. The third kappa shape index (κ3) is 3.28. The van der Waals surface area contributed by atoms with Crippen molar-refractivity contribution >= 4 is 25.0 Å². The second-order valence-corrected chi connectivity index (χ2v) is 14.0. The first kappa shape index (κ1) is 19.3. The zero-order valence-electron chi connectivity index (χ0n) is 17.5. The molecule has 0 amide bonds. The molecule has 2 aromatic heterocycles. The fourth-order valence-corrected chi connectivity index (χ4v) is 5.00. The average Bonchev–Trinajstić information content (AvgIpc) is 2.99. The highest BCUT2D eigenvalue weighted by Crippen LogP contribution is 2.39. The summed E-state index contributed by atoms with van der Waals surface area (Å²) in [6.45, 7) is 11.7. The van der Waals surface area contributed by atoms with Gasteiger partial charge in [-0.3, -0.25) is 0 Å². The number of nitrogens with zero attached hydrogens (tertiary/aromatic N) is 3. The summed E-state index contributed by atoms with van der Waals surface area (Å²) in [5.74, 6) is 2.87. The van der Waals surface area contributed by atoms with Crippen molar-refractivity contribution in [2.45, 2.75) is 38.9 Å². The maximum atomic E-state index is 5.84. The molecule has 0 N–H and O–H groups in total. The molecule has 140 valence electrons. The molecule has 0 atom stereocenters. The van der Waals surface area contributed by atoms with Crippen molar-refractivity contribution in [2.75, 3.05) is 19.0 Å². The highest BCUT2D eigenvalue weighted by atomic mass is 28.3. The Labute approximate surface area is 164 Å². The maximum absolute atomic E-state index is 5.84. The van der Waals surface area contributed by atoms with E-state index >= 15 is 0 Å². The molecule has 2 heterocycles. The van der Waals surface area contributed by atoms with E-state index in [1.165, 1.54) is 5.69 Å². The summed E-state index contributed by atoms with van der Waals surface area (Å²) < 4.78 is 2.37. The number of aromatic nitrogens is 2. The number of benzene rings is 1. The Morgan fingerprint density at radius 2 is 1.70 bits per heavy atom. The quantitative estimate of drug-likeness (QED) is 0.438. The predicted octanol–water partition coefficient (Wildman–Crippen LogP) is 5.60. The van der Waals surface area contributed by atoms with Gasteiger partial charge in [0.05, 0.1) is 5.56 Å². The van der Waals surface area contributed by atoms with Gasteiger partial charge in [-0.2, -0.15) is 0 Å². The lowest BCUT2D eigenvalue weighted by atomic mass is 10.1. The topological polar surface area (TPSA) is 21.1 Å². The summed E-state index contributed by atoms with van der Waals surface area (Å²) in [6.07, 6.45) is 9.94. The lowest BCUT2D eigenvalue weighted by molar-refractivity contribution is 0.702. The van der Waals surface area contributed by atoms with Crippen molar-refractivity contribution in [2.24, 2.45) is 0 Å². The molecule has 3 rings (SSSR count). The van der Waals surface area contributed by atoms with Crippen molar-refractivity contribution in [3.8, 4) is 23.5 Å². The zero-order valence-corrected chi connectivity index (χ0v) is 18.5. The lowest BCUT2D eigenvalue weighted by Gasteiger charge is -2.38. The minimum Gasteiger partial charge on any atom is -0.378 e. The second-order valence-electron chi connectivity index (χ2n) is 8.90. The van der Waals surface area contributed by atoms with Gasteiger partial charge in [0.15, 0.2) is 8.24 Å². The number of pyridine rings is 1. The Morgan fingerprint density at radius 3 is 2.22 bits per heavy atom. The monoisotopic (exact) mass is 375 g/mol. The molecule has 0 aliphatic rings. The van der Waals surface area contributed by atoms with Crippen molar-refractivity contribution in [1.29, 1.82) is 0 Å². The van der Waals surface area contributed by atoms with Gasteiger partial charge in [0.2, 0.25) is 0 Å². The van der Waals surface area contributed by atoms with E-state index in [1.54, 1.807) is 0 Å². The molecule has 27 heavy (non-hydrogen) atoms. The van der Waals surface area contributed by atoms with Crippen LogP contribution in [0.2, 0.25) is 18.1 Å². The molecule has 0 aliphatic carbocycles. The fourth-order valence-electron chi connectivity index (χ4n) is 3.12. The second kappa shape index (κ2) is 6.58. The SMILES string of the molecule is C#Cc1cn([Si](C)(C)C(C)(C)C)c2ncc(-c3ccc(N(C)C)cc3)cc12. The van der Waals surface area contributed by atoms with Gasteiger partial charge in [-0.05, 0) is 28.8 Å². The smallest absolute Gasteiger partial charge is 0.163 e. The molecular weight excluding hydrogens is 346 g/mol. The number of terminal acetylenes is 1. The van der Waals surface area contributed by atoms with Gasteiger partial charge in [0, 0.05) is 43.1 Å². The van der Waals surface area contributed by atoms with E-state index < -0.39 is 8.24 Å². The molecule has 0 unspecified atom stereocenters. The van der Waals surface area contributed by atoms with Crippen LogP contribution < -0.4 is 4.90 Å². The van der Waals surface area contributed by atoms with E-state index in [0.717, 1.165) is 27.7 Å². The summed E-state index contributed by atoms with van der Waals surface area (Å²) in [4.78, 5) is 6.95. The minimum absolute atomic E-state index is 0.202. The van der Waals surface area contributed by atoms with Crippen molar-refractivity contribution in [1.82, 2.24) is 9.22 Å². The molecule has 3 nitrogen and oxygen atoms in total. The minimum atomic E-state index is -1.80. The van der Waals surface area contributed by atoms with Gasteiger partial charge in [-0.15, -0.1) is 6.42 Å². The van der Waals surface area contributed by atoms with Crippen LogP contribution in [0.15, 0.2) is 42.7 Å². The Kier molecular flexibility index (Phi) is 4.69. The van der Waals surface area contributed by atoms with Crippen LogP contribution in [-0.4, -0.2) is 31.5 Å². The molecule has 0 bridgehead atoms. The molecule has 0 saturated carbocycles. The first-order valence-corrected chi connectivity index (χ1v) is 12.3. The average molecular weight is 376 g/mol. The Bertz CT molecular complexity index is 1010. The highest BCUT2D eigenvalue weighted by Gasteiger charge is 2.39. The van der Waals surface area contributed by atoms with Crippen LogP contribution in [0, 0.1) is 12.3 Å². The largest absolute Gasteiger partial charge is 0.378 e. The van der Waals surface area contributed by atoms with E-state index in [-0.39, 0.29) is 5.04 Å². The lowest BCUT2D eigenvalue weighted by Crippen LogP contribution is -2.45. The first-order chi connectivity index (χ1) is 12.6. The molecule has 0 saturated heterocycles. The van der Waals surface area contributed by atoms with E-state index in [0.29, 0.717) is 0 Å². The van der Waals surface area contributed by atoms with Crippen molar-refractivity contribution < 1.29 is 0 Å². The van der Waals surface area contributed by atoms with Crippen molar-refractivity contribution in [3.05, 3.63) is 48.3 Å². The molecule has 1 aromatic carbocycles. The summed E-state index contributed by atoms with van der Waals surface area (Å²) in [6, 6.07) is 10.7. The van der Waals surface area contributed by atoms with Crippen LogP contribution in [0.5, 0.6) is 0 Å². The summed E-state index contributed by atoms with van der Waals surface area (Å²) in [5.41, 5.74) is 5.36. The molecule has 0 radical (unpaired) electrons. The first-order valence-electron chi connectivity index (χ1n) is 9.32. The van der Waals surface area contributed by atoms with E-state index in [2.05, 4.69) is 85.4 Å². The van der Waals surface area contributed by atoms with Gasteiger partial charge in [-0.1, -0.05) is 51.9 Å². The van der Waals surface area contributed by atoms with E-state index in [9.17, 15) is 0 Å². The number of hydrogen-bond acceptors (Lipinski definition) is 2. The standard InChI is InChI=1S/C23H29N3Si/c1-9-17-16-26(27(7,8)23(2,3)4)22-21(17)14-19(15-24-22)18-10-12-20(13-11-18)25(5)6/h1,10-16H,2-8H3. The summed E-state index contributed by atoms with van der Waals surface area (Å²) >= 11 is 0. The third-order valence-corrected chi connectivity index (χ3v) is 11.2. The number of fused-ring (bicyclic) bond motifs is 1.